The molecule has 2 aromatic carbocycles. The summed E-state index contributed by atoms with van der Waals surface area (Å²) in [6.45, 7) is 1.94. The number of aryl methyl sites for hydroxylation is 1. The quantitative estimate of drug-likeness (QED) is 0.787. The van der Waals surface area contributed by atoms with Crippen molar-refractivity contribution in [1.29, 1.82) is 0 Å². The normalized spacial score (nSPS) is 11.4. The first-order valence-electron chi connectivity index (χ1n) is 6.59. The lowest BCUT2D eigenvalue weighted by Crippen LogP contribution is -2.27. The molecule has 0 radical (unpaired) electrons. The first-order chi connectivity index (χ1) is 9.92. The van der Waals surface area contributed by atoms with E-state index in [1.165, 1.54) is 4.31 Å². The molecule has 2 aromatic rings. The highest BCUT2D eigenvalue weighted by atomic mass is 35.5. The van der Waals surface area contributed by atoms with Gasteiger partial charge in [0, 0.05) is 12.9 Å². The van der Waals surface area contributed by atoms with Gasteiger partial charge < -0.3 is 0 Å². The van der Waals surface area contributed by atoms with E-state index in [-0.39, 0.29) is 5.75 Å². The minimum Gasteiger partial charge on any atom is -0.273 e. The number of sulfonamides is 1. The first kappa shape index (κ1) is 15.9. The zero-order chi connectivity index (χ0) is 15.5. The van der Waals surface area contributed by atoms with E-state index in [2.05, 4.69) is 0 Å². The second-order valence-corrected chi connectivity index (χ2v) is 7.28. The van der Waals surface area contributed by atoms with Crippen LogP contribution in [0.1, 0.15) is 16.7 Å². The lowest BCUT2D eigenvalue weighted by molar-refractivity contribution is 0.593. The van der Waals surface area contributed by atoms with Crippen LogP contribution in [0.3, 0.4) is 0 Å². The van der Waals surface area contributed by atoms with Crippen molar-refractivity contribution in [2.24, 2.45) is 0 Å². The summed E-state index contributed by atoms with van der Waals surface area (Å²) in [6.07, 6.45) is 0. The first-order valence-corrected chi connectivity index (χ1v) is 8.74. The highest BCUT2D eigenvalue weighted by Gasteiger charge is 2.19. The molecule has 0 spiro atoms. The van der Waals surface area contributed by atoms with Gasteiger partial charge in [-0.2, -0.15) is 0 Å². The molecule has 0 aromatic heterocycles. The van der Waals surface area contributed by atoms with Gasteiger partial charge in [0.1, 0.15) is 0 Å². The summed E-state index contributed by atoms with van der Waals surface area (Å²) in [7, 11) is -1.84. The Balaban J connectivity index is 2.25. The summed E-state index contributed by atoms with van der Waals surface area (Å²) in [6, 6.07) is 14.8. The minimum atomic E-state index is -3.42. The Hall–Kier alpha value is -1.52. The van der Waals surface area contributed by atoms with Crippen molar-refractivity contribution >= 4 is 27.3 Å². The molecule has 21 heavy (non-hydrogen) atoms. The third kappa shape index (κ3) is 3.99. The monoisotopic (exact) mass is 323 g/mol. The van der Waals surface area contributed by atoms with Crippen LogP contribution in [0.2, 0.25) is 0 Å². The van der Waals surface area contributed by atoms with E-state index >= 15 is 0 Å². The molecule has 0 bridgehead atoms. The summed E-state index contributed by atoms with van der Waals surface area (Å²) in [4.78, 5) is 0. The Labute approximate surface area is 131 Å². The number of benzene rings is 2. The van der Waals surface area contributed by atoms with E-state index in [9.17, 15) is 8.42 Å². The Morgan fingerprint density at radius 1 is 1.05 bits per heavy atom. The van der Waals surface area contributed by atoms with Crippen molar-refractivity contribution in [2.45, 2.75) is 18.6 Å². The van der Waals surface area contributed by atoms with Gasteiger partial charge in [0.05, 0.1) is 11.4 Å². The summed E-state index contributed by atoms with van der Waals surface area (Å²) >= 11 is 5.79. The number of alkyl halides is 1. The highest BCUT2D eigenvalue weighted by molar-refractivity contribution is 7.92. The van der Waals surface area contributed by atoms with Gasteiger partial charge in [0.25, 0.3) is 0 Å². The van der Waals surface area contributed by atoms with Crippen molar-refractivity contribution in [2.75, 3.05) is 11.4 Å². The molecule has 5 heteroatoms. The van der Waals surface area contributed by atoms with Gasteiger partial charge >= 0.3 is 0 Å². The molecule has 3 nitrogen and oxygen atoms in total. The molecule has 0 fully saturated rings. The van der Waals surface area contributed by atoms with E-state index in [4.69, 9.17) is 11.6 Å². The summed E-state index contributed by atoms with van der Waals surface area (Å²) in [5.41, 5.74) is 3.36. The Bertz CT molecular complexity index is 729. The maximum absolute atomic E-state index is 12.5. The fourth-order valence-electron chi connectivity index (χ4n) is 2.09. The molecule has 0 aliphatic heterocycles. The third-order valence-electron chi connectivity index (χ3n) is 3.28. The lowest BCUT2D eigenvalue weighted by Gasteiger charge is -2.20. The van der Waals surface area contributed by atoms with Crippen LogP contribution in [0, 0.1) is 6.92 Å². The Morgan fingerprint density at radius 2 is 1.71 bits per heavy atom. The van der Waals surface area contributed by atoms with Crippen LogP contribution in [0.4, 0.5) is 5.69 Å². The predicted molar refractivity (Wildman–Crippen MR) is 88.2 cm³/mol. The molecular weight excluding hydrogens is 306 g/mol. The molecule has 0 N–H and O–H groups in total. The van der Waals surface area contributed by atoms with Crippen LogP contribution in [0.5, 0.6) is 0 Å². The van der Waals surface area contributed by atoms with Crippen LogP contribution in [0.25, 0.3) is 0 Å². The second kappa shape index (κ2) is 6.50. The van der Waals surface area contributed by atoms with E-state index < -0.39 is 10.0 Å². The lowest BCUT2D eigenvalue weighted by atomic mass is 10.2. The van der Waals surface area contributed by atoms with E-state index in [0.29, 0.717) is 11.6 Å². The number of rotatable bonds is 5. The fourth-order valence-corrected chi connectivity index (χ4v) is 3.49. The van der Waals surface area contributed by atoms with Crippen LogP contribution in [-0.2, 0) is 21.7 Å². The second-order valence-electron chi connectivity index (χ2n) is 5.02. The topological polar surface area (TPSA) is 37.4 Å². The van der Waals surface area contributed by atoms with Crippen LogP contribution >= 0.6 is 11.6 Å². The van der Waals surface area contributed by atoms with Crippen molar-refractivity contribution < 1.29 is 8.42 Å². The fraction of sp³-hybridized carbons (Fsp3) is 0.250. The average molecular weight is 324 g/mol. The highest BCUT2D eigenvalue weighted by Crippen LogP contribution is 2.20. The molecule has 0 atom stereocenters. The Morgan fingerprint density at radius 3 is 2.38 bits per heavy atom. The van der Waals surface area contributed by atoms with E-state index in [0.717, 1.165) is 16.7 Å². The van der Waals surface area contributed by atoms with Crippen molar-refractivity contribution in [1.82, 2.24) is 0 Å². The maximum Gasteiger partial charge on any atom is 0.239 e. The number of hydrogen-bond acceptors (Lipinski definition) is 2. The van der Waals surface area contributed by atoms with Crippen LogP contribution in [0.15, 0.2) is 48.5 Å². The average Bonchev–Trinajstić information content (AvgIpc) is 2.46. The zero-order valence-corrected chi connectivity index (χ0v) is 13.7. The number of hydrogen-bond donors (Lipinski definition) is 0. The summed E-state index contributed by atoms with van der Waals surface area (Å²) in [5, 5.41) is 0. The number of halogens is 1. The van der Waals surface area contributed by atoms with Gasteiger partial charge in [-0.1, -0.05) is 36.4 Å². The van der Waals surface area contributed by atoms with Crippen molar-refractivity contribution in [3.8, 4) is 0 Å². The van der Waals surface area contributed by atoms with Gasteiger partial charge in [0.2, 0.25) is 10.0 Å². The molecule has 0 aliphatic carbocycles. The van der Waals surface area contributed by atoms with Crippen LogP contribution < -0.4 is 4.31 Å². The van der Waals surface area contributed by atoms with Gasteiger partial charge in [-0.3, -0.25) is 4.31 Å². The minimum absolute atomic E-state index is 0.0395. The van der Waals surface area contributed by atoms with Crippen LogP contribution in [-0.4, -0.2) is 15.5 Å². The molecule has 0 amide bonds. The molecule has 0 aliphatic rings. The van der Waals surface area contributed by atoms with Gasteiger partial charge in [-0.15, -0.1) is 11.6 Å². The third-order valence-corrected chi connectivity index (χ3v) is 5.33. The largest absolute Gasteiger partial charge is 0.273 e. The summed E-state index contributed by atoms with van der Waals surface area (Å²) < 4.78 is 26.3. The SMILES string of the molecule is Cc1cccc(N(C)S(=O)(=O)Cc2cccc(CCl)c2)c1. The predicted octanol–water partition coefficient (Wildman–Crippen LogP) is 3.70. The molecule has 2 rings (SSSR count). The van der Waals surface area contributed by atoms with Gasteiger partial charge in [0.15, 0.2) is 0 Å². The molecular formula is C16H18ClNO2S. The molecule has 0 saturated heterocycles. The zero-order valence-electron chi connectivity index (χ0n) is 12.1. The molecule has 0 saturated carbocycles. The standard InChI is InChI=1S/C16H18ClNO2S/c1-13-5-3-8-16(9-13)18(2)21(19,20)12-15-7-4-6-14(10-15)11-17/h3-10H,11-12H2,1-2H3. The summed E-state index contributed by atoms with van der Waals surface area (Å²) in [5.74, 6) is 0.337. The molecule has 0 unspecified atom stereocenters. The Kier molecular flexibility index (Phi) is 4.91. The van der Waals surface area contributed by atoms with E-state index in [1.807, 2.05) is 43.3 Å². The van der Waals surface area contributed by atoms with Gasteiger partial charge in [-0.05, 0) is 35.7 Å². The maximum atomic E-state index is 12.5. The van der Waals surface area contributed by atoms with Gasteiger partial charge in [-0.25, -0.2) is 8.42 Å². The smallest absolute Gasteiger partial charge is 0.239 e. The van der Waals surface area contributed by atoms with E-state index in [1.54, 1.807) is 19.2 Å². The molecule has 0 heterocycles. The van der Waals surface area contributed by atoms with Crippen molar-refractivity contribution in [3.05, 3.63) is 65.2 Å². The molecule has 112 valence electrons. The van der Waals surface area contributed by atoms with Crippen molar-refractivity contribution in [3.63, 3.8) is 0 Å². The number of anilines is 1. The number of nitrogens with zero attached hydrogens (tertiary/aromatic N) is 1.